The van der Waals surface area contributed by atoms with E-state index in [1.165, 1.54) is 42.5 Å². The highest BCUT2D eigenvalue weighted by Gasteiger charge is 2.18. The molecule has 0 fully saturated rings. The van der Waals surface area contributed by atoms with Crippen LogP contribution in [0.5, 0.6) is 0 Å². The van der Waals surface area contributed by atoms with Crippen LogP contribution in [0.4, 0.5) is 11.4 Å². The fourth-order valence-corrected chi connectivity index (χ4v) is 3.84. The number of nitrogens with one attached hydrogen (secondary N) is 2. The second kappa shape index (κ2) is 8.15. The smallest absolute Gasteiger partial charge is 0.261 e. The quantitative estimate of drug-likeness (QED) is 0.649. The molecule has 0 heterocycles. The van der Waals surface area contributed by atoms with Crippen molar-refractivity contribution in [3.63, 3.8) is 0 Å². The van der Waals surface area contributed by atoms with Crippen LogP contribution in [0.3, 0.4) is 0 Å². The lowest BCUT2D eigenvalue weighted by Gasteiger charge is -2.13. The molecule has 2 N–H and O–H groups in total. The van der Waals surface area contributed by atoms with Gasteiger partial charge in [-0.1, -0.05) is 42.5 Å². The highest BCUT2D eigenvalue weighted by atomic mass is 32.2. The standard InChI is InChI=1S/C21H18N2O5S/c1-14-7-2-4-11-18(14)23-29(27,28)16-9-6-8-15(13-16)20(24)22-19-12-5-3-10-17(19)21(25)26/h2-13,23H,1H3,(H,22,24)(H,25,26)/p-1. The summed E-state index contributed by atoms with van der Waals surface area (Å²) in [5.74, 6) is -2.08. The lowest BCUT2D eigenvalue weighted by Crippen LogP contribution is -2.25. The first-order valence-electron chi connectivity index (χ1n) is 8.58. The van der Waals surface area contributed by atoms with Gasteiger partial charge in [-0.2, -0.15) is 0 Å². The summed E-state index contributed by atoms with van der Waals surface area (Å²) in [6.45, 7) is 1.77. The zero-order chi connectivity index (χ0) is 21.0. The average Bonchev–Trinajstić information content (AvgIpc) is 2.70. The van der Waals surface area contributed by atoms with Crippen molar-refractivity contribution < 1.29 is 23.1 Å². The van der Waals surface area contributed by atoms with Crippen LogP contribution in [0.1, 0.15) is 26.3 Å². The second-order valence-corrected chi connectivity index (χ2v) is 7.92. The van der Waals surface area contributed by atoms with E-state index in [1.54, 1.807) is 37.3 Å². The predicted octanol–water partition coefficient (Wildman–Crippen LogP) is 2.41. The Hall–Kier alpha value is -3.65. The summed E-state index contributed by atoms with van der Waals surface area (Å²) in [6, 6.07) is 18.2. The molecule has 0 atom stereocenters. The van der Waals surface area contributed by atoms with Crippen molar-refractivity contribution in [2.75, 3.05) is 10.0 Å². The van der Waals surface area contributed by atoms with Gasteiger partial charge in [-0.15, -0.1) is 0 Å². The number of amides is 1. The molecule has 3 aromatic carbocycles. The van der Waals surface area contributed by atoms with Crippen LogP contribution in [-0.2, 0) is 10.0 Å². The average molecular weight is 409 g/mol. The molecular weight excluding hydrogens is 392 g/mol. The van der Waals surface area contributed by atoms with Crippen LogP contribution in [0, 0.1) is 6.92 Å². The van der Waals surface area contributed by atoms with Crippen LogP contribution in [0.2, 0.25) is 0 Å². The molecule has 0 aliphatic heterocycles. The summed E-state index contributed by atoms with van der Waals surface area (Å²) in [6.07, 6.45) is 0. The Kier molecular flexibility index (Phi) is 5.65. The Labute approximate surface area is 168 Å². The van der Waals surface area contributed by atoms with E-state index >= 15 is 0 Å². The monoisotopic (exact) mass is 409 g/mol. The molecule has 3 aromatic rings. The van der Waals surface area contributed by atoms with Gasteiger partial charge in [0.2, 0.25) is 0 Å². The summed E-state index contributed by atoms with van der Waals surface area (Å²) >= 11 is 0. The number of carbonyl (C=O) groups excluding carboxylic acids is 2. The topological polar surface area (TPSA) is 115 Å². The molecular formula is C21H17N2O5S-. The largest absolute Gasteiger partial charge is 0.545 e. The van der Waals surface area contributed by atoms with Crippen LogP contribution in [0.15, 0.2) is 77.7 Å². The number of hydrogen-bond acceptors (Lipinski definition) is 5. The summed E-state index contributed by atoms with van der Waals surface area (Å²) < 4.78 is 27.9. The van der Waals surface area contributed by atoms with Gasteiger partial charge in [0, 0.05) is 11.1 Å². The molecule has 7 nitrogen and oxygen atoms in total. The van der Waals surface area contributed by atoms with Gasteiger partial charge < -0.3 is 15.2 Å². The van der Waals surface area contributed by atoms with Crippen molar-refractivity contribution in [1.82, 2.24) is 0 Å². The number of anilines is 2. The van der Waals surface area contributed by atoms with Gasteiger partial charge in [-0.25, -0.2) is 8.42 Å². The van der Waals surface area contributed by atoms with Crippen LogP contribution in [-0.4, -0.2) is 20.3 Å². The maximum absolute atomic E-state index is 12.7. The highest BCUT2D eigenvalue weighted by Crippen LogP contribution is 2.21. The molecule has 148 valence electrons. The summed E-state index contributed by atoms with van der Waals surface area (Å²) in [5, 5.41) is 13.6. The van der Waals surface area contributed by atoms with E-state index in [4.69, 9.17) is 0 Å². The highest BCUT2D eigenvalue weighted by molar-refractivity contribution is 7.92. The van der Waals surface area contributed by atoms with E-state index in [2.05, 4.69) is 10.0 Å². The van der Waals surface area contributed by atoms with Crippen molar-refractivity contribution in [3.8, 4) is 0 Å². The molecule has 1 amide bonds. The number of carboxylic acid groups (broad SMARTS) is 1. The number of carboxylic acids is 1. The van der Waals surface area contributed by atoms with Crippen molar-refractivity contribution in [3.05, 3.63) is 89.5 Å². The SMILES string of the molecule is Cc1ccccc1NS(=O)(=O)c1cccc(C(=O)Nc2ccccc2C(=O)[O-])c1. The number of aromatic carboxylic acids is 1. The third-order valence-corrected chi connectivity index (χ3v) is 5.55. The zero-order valence-corrected chi connectivity index (χ0v) is 16.2. The first-order valence-corrected chi connectivity index (χ1v) is 10.1. The summed E-state index contributed by atoms with van der Waals surface area (Å²) in [4.78, 5) is 23.6. The number of sulfonamides is 1. The fourth-order valence-electron chi connectivity index (χ4n) is 2.66. The molecule has 0 aromatic heterocycles. The maximum Gasteiger partial charge on any atom is 0.261 e. The lowest BCUT2D eigenvalue weighted by molar-refractivity contribution is -0.254. The van der Waals surface area contributed by atoms with Crippen LogP contribution < -0.4 is 15.1 Å². The Morgan fingerprint density at radius 1 is 0.862 bits per heavy atom. The summed E-state index contributed by atoms with van der Waals surface area (Å²) in [5.41, 5.74) is 1.13. The number of carbonyl (C=O) groups is 2. The molecule has 29 heavy (non-hydrogen) atoms. The molecule has 0 saturated heterocycles. The number of hydrogen-bond donors (Lipinski definition) is 2. The molecule has 0 saturated carbocycles. The van der Waals surface area contributed by atoms with E-state index in [0.717, 1.165) is 5.56 Å². The second-order valence-electron chi connectivity index (χ2n) is 6.24. The molecule has 0 spiro atoms. The third kappa shape index (κ3) is 4.61. The maximum atomic E-state index is 12.7. The van der Waals surface area contributed by atoms with Gasteiger partial charge in [-0.3, -0.25) is 9.52 Å². The van der Waals surface area contributed by atoms with Crippen LogP contribution in [0.25, 0.3) is 0 Å². The molecule has 0 bridgehead atoms. The van der Waals surface area contributed by atoms with E-state index < -0.39 is 21.9 Å². The molecule has 0 radical (unpaired) electrons. The Balaban J connectivity index is 1.87. The molecule has 0 unspecified atom stereocenters. The minimum Gasteiger partial charge on any atom is -0.545 e. The van der Waals surface area contributed by atoms with Gasteiger partial charge in [0.1, 0.15) is 0 Å². The minimum absolute atomic E-state index is 0.0591. The number of aryl methyl sites for hydroxylation is 1. The van der Waals surface area contributed by atoms with E-state index in [-0.39, 0.29) is 21.7 Å². The first-order chi connectivity index (χ1) is 13.8. The molecule has 0 aliphatic carbocycles. The Bertz CT molecular complexity index is 1190. The zero-order valence-electron chi connectivity index (χ0n) is 15.4. The van der Waals surface area contributed by atoms with Crippen molar-refractivity contribution >= 4 is 33.3 Å². The first kappa shape index (κ1) is 20.1. The van der Waals surface area contributed by atoms with E-state index in [0.29, 0.717) is 5.69 Å². The lowest BCUT2D eigenvalue weighted by atomic mass is 10.1. The minimum atomic E-state index is -3.92. The van der Waals surface area contributed by atoms with Crippen molar-refractivity contribution in [2.24, 2.45) is 0 Å². The Morgan fingerprint density at radius 2 is 1.52 bits per heavy atom. The van der Waals surface area contributed by atoms with Gasteiger partial charge in [0.05, 0.1) is 22.2 Å². The van der Waals surface area contributed by atoms with Gasteiger partial charge >= 0.3 is 0 Å². The third-order valence-electron chi connectivity index (χ3n) is 4.19. The number of rotatable bonds is 6. The van der Waals surface area contributed by atoms with Crippen molar-refractivity contribution in [2.45, 2.75) is 11.8 Å². The van der Waals surface area contributed by atoms with E-state index in [1.807, 2.05) is 0 Å². The molecule has 0 aliphatic rings. The predicted molar refractivity (Wildman–Crippen MR) is 107 cm³/mol. The van der Waals surface area contributed by atoms with Gasteiger partial charge in [0.25, 0.3) is 15.9 Å². The number of para-hydroxylation sites is 2. The van der Waals surface area contributed by atoms with E-state index in [9.17, 15) is 23.1 Å². The van der Waals surface area contributed by atoms with Gasteiger partial charge in [0.15, 0.2) is 0 Å². The fraction of sp³-hybridized carbons (Fsp3) is 0.0476. The Morgan fingerprint density at radius 3 is 2.21 bits per heavy atom. The summed E-state index contributed by atoms with van der Waals surface area (Å²) in [7, 11) is -3.92. The molecule has 8 heteroatoms. The molecule has 3 rings (SSSR count). The van der Waals surface area contributed by atoms with Gasteiger partial charge in [-0.05, 0) is 42.8 Å². The number of benzene rings is 3. The normalized spacial score (nSPS) is 10.9. The van der Waals surface area contributed by atoms with Crippen LogP contribution >= 0.6 is 0 Å². The van der Waals surface area contributed by atoms with Crippen molar-refractivity contribution in [1.29, 1.82) is 0 Å².